The van der Waals surface area contributed by atoms with E-state index in [-0.39, 0.29) is 23.3 Å². The Morgan fingerprint density at radius 3 is 2.27 bits per heavy atom. The lowest BCUT2D eigenvalue weighted by atomic mass is 10.0. The number of nitrogens with zero attached hydrogens (tertiary/aromatic N) is 3. The average Bonchev–Trinajstić information content (AvgIpc) is 3.14. The van der Waals surface area contributed by atoms with Crippen LogP contribution in [0.4, 0.5) is 35.0 Å². The molecule has 14 heteroatoms. The van der Waals surface area contributed by atoms with Crippen LogP contribution < -0.4 is 35.1 Å². The van der Waals surface area contributed by atoms with E-state index in [1.807, 2.05) is 0 Å². The number of carbonyl (C=O) groups is 2. The van der Waals surface area contributed by atoms with E-state index in [9.17, 15) is 22.8 Å². The predicted octanol–water partition coefficient (Wildman–Crippen LogP) is 7.67. The lowest BCUT2D eigenvalue weighted by Gasteiger charge is -2.35. The monoisotopic (exact) mass is 720 g/mol. The van der Waals surface area contributed by atoms with Gasteiger partial charge in [-0.3, -0.25) is 9.78 Å². The molecular formula is C38H43F3N6O5. The van der Waals surface area contributed by atoms with Gasteiger partial charge in [-0.15, -0.1) is 0 Å². The number of pyridine rings is 1. The molecule has 6 rings (SSSR count). The van der Waals surface area contributed by atoms with E-state index in [1.54, 1.807) is 53.6 Å². The summed E-state index contributed by atoms with van der Waals surface area (Å²) in [4.78, 5) is 33.9. The second kappa shape index (κ2) is 16.4. The molecule has 2 fully saturated rings. The second-order valence-corrected chi connectivity index (χ2v) is 13.0. The number of hydrogen-bond acceptors (Lipinski definition) is 8. The van der Waals surface area contributed by atoms with E-state index in [4.69, 9.17) is 14.2 Å². The van der Waals surface area contributed by atoms with Crippen LogP contribution in [0, 0.1) is 0 Å². The van der Waals surface area contributed by atoms with Crippen LogP contribution in [0.15, 0.2) is 66.9 Å². The molecule has 0 unspecified atom stereocenters. The van der Waals surface area contributed by atoms with Gasteiger partial charge in [-0.2, -0.15) is 13.2 Å². The molecule has 2 aliphatic rings. The molecule has 3 N–H and O–H groups in total. The number of piperidine rings is 2. The summed E-state index contributed by atoms with van der Waals surface area (Å²) in [6.45, 7) is 3.51. The first-order valence-corrected chi connectivity index (χ1v) is 17.4. The van der Waals surface area contributed by atoms with Gasteiger partial charge in [-0.05, 0) is 81.2 Å². The fraction of sp³-hybridized carbons (Fsp3) is 0.395. The highest BCUT2D eigenvalue weighted by atomic mass is 19.4. The van der Waals surface area contributed by atoms with Gasteiger partial charge in [0.15, 0.2) is 11.5 Å². The zero-order valence-corrected chi connectivity index (χ0v) is 29.2. The number of halogens is 3. The number of ether oxygens (including phenoxy) is 3. The average molecular weight is 721 g/mol. The third kappa shape index (κ3) is 9.15. The zero-order valence-electron chi connectivity index (χ0n) is 29.2. The zero-order chi connectivity index (χ0) is 36.7. The highest BCUT2D eigenvalue weighted by molar-refractivity contribution is 6.00. The third-order valence-electron chi connectivity index (χ3n) is 9.39. The number of amides is 3. The Labute approximate surface area is 300 Å². The van der Waals surface area contributed by atoms with Crippen molar-refractivity contribution in [1.29, 1.82) is 0 Å². The molecule has 1 aromatic heterocycles. The number of methoxy groups -OCH3 is 2. The molecule has 3 aromatic carbocycles. The maximum Gasteiger partial charge on any atom is 0.418 e. The van der Waals surface area contributed by atoms with Gasteiger partial charge in [-0.1, -0.05) is 12.5 Å². The Hall–Kier alpha value is -5.24. The lowest BCUT2D eigenvalue weighted by Crippen LogP contribution is -2.45. The van der Waals surface area contributed by atoms with Gasteiger partial charge < -0.3 is 40.0 Å². The number of anilines is 3. The van der Waals surface area contributed by atoms with E-state index in [0.717, 1.165) is 38.5 Å². The highest BCUT2D eigenvalue weighted by Crippen LogP contribution is 2.40. The van der Waals surface area contributed by atoms with Crippen LogP contribution in [0.5, 0.6) is 23.0 Å². The Bertz CT molecular complexity index is 1880. The molecule has 2 saturated heterocycles. The second-order valence-electron chi connectivity index (χ2n) is 13.0. The number of aromatic nitrogens is 1. The van der Waals surface area contributed by atoms with Gasteiger partial charge in [0, 0.05) is 72.9 Å². The number of urea groups is 1. The summed E-state index contributed by atoms with van der Waals surface area (Å²) in [7, 11) is 3.07. The summed E-state index contributed by atoms with van der Waals surface area (Å²) in [6.07, 6.45) is 2.01. The van der Waals surface area contributed by atoms with Crippen LogP contribution in [0.1, 0.15) is 44.1 Å². The molecule has 52 heavy (non-hydrogen) atoms. The summed E-state index contributed by atoms with van der Waals surface area (Å²) >= 11 is 0. The molecule has 0 bridgehead atoms. The van der Waals surface area contributed by atoms with Gasteiger partial charge in [0.2, 0.25) is 5.91 Å². The number of carbonyl (C=O) groups excluding carboxylic acids is 2. The standard InChI is InChI=1S/C38H43F3N6O5/c1-50-34-23-29-31(24-35(34)51-2)42-15-11-33(29)52-28-8-6-7-26(21-28)44-37(49)45-27-9-10-32(30(22-27)38(39,40)41)47-19-12-25(13-20-47)43-36(48)14-18-46-16-4-3-5-17-46/h6-11,15,21-25H,3-5,12-14,16-20H2,1-2H3,(H,43,48)(H2,44,45,49). The van der Waals surface area contributed by atoms with E-state index in [2.05, 4.69) is 25.8 Å². The van der Waals surface area contributed by atoms with Gasteiger partial charge >= 0.3 is 12.2 Å². The van der Waals surface area contributed by atoms with Crippen LogP contribution in [0.3, 0.4) is 0 Å². The molecule has 276 valence electrons. The first kappa shape index (κ1) is 36.5. The molecule has 0 aliphatic carbocycles. The summed E-state index contributed by atoms with van der Waals surface area (Å²) in [6, 6.07) is 14.8. The summed E-state index contributed by atoms with van der Waals surface area (Å²) in [5, 5.41) is 8.93. The fourth-order valence-electron chi connectivity index (χ4n) is 6.72. The Kier molecular flexibility index (Phi) is 11.5. The number of rotatable bonds is 11. The van der Waals surface area contributed by atoms with Crippen LogP contribution in [-0.2, 0) is 11.0 Å². The smallest absolute Gasteiger partial charge is 0.418 e. The Morgan fingerprint density at radius 2 is 1.56 bits per heavy atom. The summed E-state index contributed by atoms with van der Waals surface area (Å²) < 4.78 is 59.8. The molecule has 0 saturated carbocycles. The van der Waals surface area contributed by atoms with Gasteiger partial charge in [0.1, 0.15) is 11.5 Å². The quantitative estimate of drug-likeness (QED) is 0.145. The molecular weight excluding hydrogens is 677 g/mol. The number of fused-ring (bicyclic) bond motifs is 1. The van der Waals surface area contributed by atoms with Crippen LogP contribution in [0.25, 0.3) is 10.9 Å². The summed E-state index contributed by atoms with van der Waals surface area (Å²) in [5.74, 6) is 1.91. The Balaban J connectivity index is 1.06. The van der Waals surface area contributed by atoms with Crippen molar-refractivity contribution in [2.24, 2.45) is 0 Å². The van der Waals surface area contributed by atoms with Crippen molar-refractivity contribution in [3.05, 3.63) is 72.4 Å². The molecule has 0 spiro atoms. The van der Waals surface area contributed by atoms with Crippen molar-refractivity contribution in [1.82, 2.24) is 15.2 Å². The molecule has 4 aromatic rings. The lowest BCUT2D eigenvalue weighted by molar-refractivity contribution is -0.137. The maximum atomic E-state index is 14.3. The van der Waals surface area contributed by atoms with Crippen molar-refractivity contribution < 1.29 is 37.0 Å². The van der Waals surface area contributed by atoms with Crippen molar-refractivity contribution in [3.8, 4) is 23.0 Å². The minimum Gasteiger partial charge on any atom is -0.493 e. The molecule has 0 radical (unpaired) electrons. The van der Waals surface area contributed by atoms with E-state index in [0.29, 0.717) is 71.9 Å². The molecule has 0 atom stereocenters. The van der Waals surface area contributed by atoms with Crippen LogP contribution in [-0.4, -0.2) is 74.8 Å². The van der Waals surface area contributed by atoms with E-state index < -0.39 is 17.8 Å². The van der Waals surface area contributed by atoms with Crippen molar-refractivity contribution in [3.63, 3.8) is 0 Å². The molecule has 2 aliphatic heterocycles. The number of alkyl halides is 3. The first-order chi connectivity index (χ1) is 25.1. The van der Waals surface area contributed by atoms with Crippen molar-refractivity contribution in [2.45, 2.75) is 50.7 Å². The first-order valence-electron chi connectivity index (χ1n) is 17.4. The number of hydrogen-bond donors (Lipinski definition) is 3. The third-order valence-corrected chi connectivity index (χ3v) is 9.39. The normalized spacial score (nSPS) is 15.6. The van der Waals surface area contributed by atoms with Crippen LogP contribution >= 0.6 is 0 Å². The Morgan fingerprint density at radius 1 is 0.846 bits per heavy atom. The fourth-order valence-corrected chi connectivity index (χ4v) is 6.72. The topological polar surface area (TPSA) is 117 Å². The van der Waals surface area contributed by atoms with Crippen molar-refractivity contribution >= 4 is 39.9 Å². The molecule has 3 heterocycles. The largest absolute Gasteiger partial charge is 0.493 e. The SMILES string of the molecule is COc1cc2nccc(Oc3cccc(NC(=O)Nc4ccc(N5CCC(NC(=O)CCN6CCCCC6)CC5)c(C(F)(F)F)c4)c3)c2cc1OC. The predicted molar refractivity (Wildman–Crippen MR) is 194 cm³/mol. The van der Waals surface area contributed by atoms with E-state index >= 15 is 0 Å². The summed E-state index contributed by atoms with van der Waals surface area (Å²) in [5.41, 5.74) is 0.174. The maximum absolute atomic E-state index is 14.3. The van der Waals surface area contributed by atoms with Crippen LogP contribution in [0.2, 0.25) is 0 Å². The molecule has 3 amide bonds. The van der Waals surface area contributed by atoms with Gasteiger partial charge in [0.25, 0.3) is 0 Å². The van der Waals surface area contributed by atoms with Crippen molar-refractivity contribution in [2.75, 3.05) is 62.5 Å². The minimum atomic E-state index is -4.65. The van der Waals surface area contributed by atoms with Gasteiger partial charge in [-0.25, -0.2) is 4.79 Å². The minimum absolute atomic E-state index is 0.00975. The highest BCUT2D eigenvalue weighted by Gasteiger charge is 2.36. The number of nitrogens with one attached hydrogen (secondary N) is 3. The van der Waals surface area contributed by atoms with Gasteiger partial charge in [0.05, 0.1) is 25.3 Å². The number of likely N-dealkylation sites (tertiary alicyclic amines) is 1. The van der Waals surface area contributed by atoms with E-state index in [1.165, 1.54) is 32.8 Å². The molecule has 11 nitrogen and oxygen atoms in total. The number of benzene rings is 3.